The number of aliphatic carboxylic acids is 1. The molecule has 1 heterocycles. The molecule has 1 saturated heterocycles. The van der Waals surface area contributed by atoms with Gasteiger partial charge in [-0.3, -0.25) is 0 Å². The van der Waals surface area contributed by atoms with E-state index < -0.39 is 36.7 Å². The van der Waals surface area contributed by atoms with Crippen molar-refractivity contribution in [2.75, 3.05) is 0 Å². The molecule has 0 aromatic carbocycles. The van der Waals surface area contributed by atoms with Crippen molar-refractivity contribution in [1.82, 2.24) is 0 Å². The SMILES string of the molecule is C=C1CC[C@@H](O[C@@H]2O[C@H](C(=O)O)[C@@H](O)[C@H](O)[C@H]2O)C/C1=C/C=C1\CCC[C@@]2(C)[C@@H]1CC[C@H]2[C@@H](C)CCCC(C)C. The Hall–Kier alpha value is -1.51. The molecular weight excluding hydrogens is 508 g/mol. The van der Waals surface area contributed by atoms with Gasteiger partial charge in [0.1, 0.15) is 18.3 Å². The minimum Gasteiger partial charge on any atom is -0.479 e. The highest BCUT2D eigenvalue weighted by Gasteiger charge is 2.51. The van der Waals surface area contributed by atoms with E-state index in [2.05, 4.69) is 46.4 Å². The lowest BCUT2D eigenvalue weighted by Crippen LogP contribution is -2.60. The van der Waals surface area contributed by atoms with Crippen molar-refractivity contribution in [2.24, 2.45) is 29.1 Å². The molecule has 226 valence electrons. The largest absolute Gasteiger partial charge is 0.479 e. The summed E-state index contributed by atoms with van der Waals surface area (Å²) in [5, 5.41) is 39.8. The third-order valence-electron chi connectivity index (χ3n) is 10.5. The summed E-state index contributed by atoms with van der Waals surface area (Å²) in [6.45, 7) is 13.9. The van der Waals surface area contributed by atoms with Gasteiger partial charge in [0.05, 0.1) is 6.10 Å². The molecule has 3 aliphatic carbocycles. The fraction of sp³-hybridized carbons (Fsp3) is 0.788. The van der Waals surface area contributed by atoms with Gasteiger partial charge in [-0.25, -0.2) is 4.79 Å². The van der Waals surface area contributed by atoms with Crippen LogP contribution < -0.4 is 0 Å². The number of ether oxygens (including phenoxy) is 2. The first-order valence-corrected chi connectivity index (χ1v) is 15.6. The Morgan fingerprint density at radius 2 is 1.82 bits per heavy atom. The average molecular weight is 561 g/mol. The molecular formula is C33H52O7. The minimum absolute atomic E-state index is 0.314. The topological polar surface area (TPSA) is 116 Å². The number of hydrogen-bond acceptors (Lipinski definition) is 6. The van der Waals surface area contributed by atoms with Crippen molar-refractivity contribution in [3.8, 4) is 0 Å². The molecule has 4 rings (SSSR count). The summed E-state index contributed by atoms with van der Waals surface area (Å²) in [5.74, 6) is 1.55. The molecule has 0 amide bonds. The van der Waals surface area contributed by atoms with E-state index in [1.807, 2.05) is 0 Å². The van der Waals surface area contributed by atoms with Gasteiger partial charge < -0.3 is 29.9 Å². The number of rotatable bonds is 9. The molecule has 0 aromatic rings. The molecule has 10 atom stereocenters. The van der Waals surface area contributed by atoms with Crippen LogP contribution >= 0.6 is 0 Å². The van der Waals surface area contributed by atoms with E-state index >= 15 is 0 Å². The van der Waals surface area contributed by atoms with Crippen LogP contribution in [0.1, 0.15) is 98.3 Å². The van der Waals surface area contributed by atoms with E-state index in [-0.39, 0.29) is 6.10 Å². The number of aliphatic hydroxyl groups excluding tert-OH is 3. The van der Waals surface area contributed by atoms with Crippen LogP contribution in [0.3, 0.4) is 0 Å². The van der Waals surface area contributed by atoms with Crippen molar-refractivity contribution in [2.45, 2.75) is 135 Å². The van der Waals surface area contributed by atoms with Crippen LogP contribution in [0.4, 0.5) is 0 Å². The molecule has 0 spiro atoms. The predicted molar refractivity (Wildman–Crippen MR) is 154 cm³/mol. The number of aliphatic hydroxyl groups is 3. The lowest BCUT2D eigenvalue weighted by atomic mass is 9.60. The van der Waals surface area contributed by atoms with Crippen molar-refractivity contribution in [3.63, 3.8) is 0 Å². The molecule has 1 aliphatic heterocycles. The smallest absolute Gasteiger partial charge is 0.335 e. The number of hydrogen-bond donors (Lipinski definition) is 4. The molecule has 4 N–H and O–H groups in total. The zero-order valence-electron chi connectivity index (χ0n) is 24.9. The van der Waals surface area contributed by atoms with Gasteiger partial charge >= 0.3 is 5.97 Å². The normalized spacial score (nSPS) is 41.5. The van der Waals surface area contributed by atoms with Crippen LogP contribution in [-0.4, -0.2) is 63.2 Å². The summed E-state index contributed by atoms with van der Waals surface area (Å²) >= 11 is 0. The molecule has 0 bridgehead atoms. The summed E-state index contributed by atoms with van der Waals surface area (Å²) in [5.41, 5.74) is 4.10. The Balaban J connectivity index is 1.42. The molecule has 7 nitrogen and oxygen atoms in total. The maximum Gasteiger partial charge on any atom is 0.335 e. The maximum atomic E-state index is 11.5. The highest BCUT2D eigenvalue weighted by Crippen LogP contribution is 2.60. The van der Waals surface area contributed by atoms with Gasteiger partial charge in [-0.2, -0.15) is 0 Å². The Labute approximate surface area is 240 Å². The minimum atomic E-state index is -1.72. The summed E-state index contributed by atoms with van der Waals surface area (Å²) < 4.78 is 11.3. The van der Waals surface area contributed by atoms with Crippen LogP contribution in [0.15, 0.2) is 35.5 Å². The lowest BCUT2D eigenvalue weighted by Gasteiger charge is -2.44. The van der Waals surface area contributed by atoms with Crippen molar-refractivity contribution in [1.29, 1.82) is 0 Å². The van der Waals surface area contributed by atoms with Gasteiger partial charge in [0.25, 0.3) is 0 Å². The van der Waals surface area contributed by atoms with Gasteiger partial charge in [0, 0.05) is 0 Å². The summed E-state index contributed by atoms with van der Waals surface area (Å²) in [6, 6.07) is 0. The fourth-order valence-corrected chi connectivity index (χ4v) is 8.11. The van der Waals surface area contributed by atoms with Gasteiger partial charge in [0.15, 0.2) is 12.4 Å². The standard InChI is InChI=1S/C33H52O7/c1-19(2)8-6-9-21(4)25-15-16-26-22(10-7-17-33(25,26)5)12-13-23-18-24(14-11-20(23)3)39-32-29(36)27(34)28(35)30(40-32)31(37)38/h12-13,19,21,24-30,32,34-36H,3,6-11,14-18H2,1-2,4-5H3,(H,37,38)/b22-12+,23-13-/t21-,24+,25-,26+,27-,28-,29+,30-,32+,33+/m0/s1. The predicted octanol–water partition coefficient (Wildman–Crippen LogP) is 5.54. The number of fused-ring (bicyclic) bond motifs is 1. The van der Waals surface area contributed by atoms with Gasteiger partial charge in [-0.05, 0) is 86.0 Å². The van der Waals surface area contributed by atoms with Gasteiger partial charge in [0.2, 0.25) is 0 Å². The Morgan fingerprint density at radius 3 is 2.52 bits per heavy atom. The lowest BCUT2D eigenvalue weighted by molar-refractivity contribution is -0.304. The maximum absolute atomic E-state index is 11.5. The summed E-state index contributed by atoms with van der Waals surface area (Å²) in [6.07, 6.45) is 8.55. The van der Waals surface area contributed by atoms with E-state index in [1.54, 1.807) is 5.57 Å². The third-order valence-corrected chi connectivity index (χ3v) is 10.5. The van der Waals surface area contributed by atoms with E-state index in [1.165, 1.54) is 44.9 Å². The highest BCUT2D eigenvalue weighted by molar-refractivity contribution is 5.73. The number of allylic oxidation sites excluding steroid dienone is 4. The fourth-order valence-electron chi connectivity index (χ4n) is 8.11. The zero-order chi connectivity index (χ0) is 29.2. The molecule has 0 radical (unpaired) electrons. The second-order valence-corrected chi connectivity index (χ2v) is 13.7. The second kappa shape index (κ2) is 13.2. The van der Waals surface area contributed by atoms with Gasteiger partial charge in [-0.15, -0.1) is 0 Å². The van der Waals surface area contributed by atoms with Crippen molar-refractivity contribution >= 4 is 5.97 Å². The Morgan fingerprint density at radius 1 is 1.07 bits per heavy atom. The summed E-state index contributed by atoms with van der Waals surface area (Å²) in [7, 11) is 0. The molecule has 4 fully saturated rings. The molecule has 3 saturated carbocycles. The first-order chi connectivity index (χ1) is 18.9. The third kappa shape index (κ3) is 6.75. The quantitative estimate of drug-likeness (QED) is 0.293. The van der Waals surface area contributed by atoms with Crippen LogP contribution in [0, 0.1) is 29.1 Å². The van der Waals surface area contributed by atoms with Crippen LogP contribution in [0.5, 0.6) is 0 Å². The highest BCUT2D eigenvalue weighted by atomic mass is 16.7. The van der Waals surface area contributed by atoms with E-state index in [4.69, 9.17) is 9.47 Å². The van der Waals surface area contributed by atoms with Crippen molar-refractivity contribution < 1.29 is 34.7 Å². The first-order valence-electron chi connectivity index (χ1n) is 15.6. The Bertz CT molecular complexity index is 970. The van der Waals surface area contributed by atoms with Crippen LogP contribution in [-0.2, 0) is 14.3 Å². The second-order valence-electron chi connectivity index (χ2n) is 13.7. The molecule has 0 aromatic heterocycles. The molecule has 0 unspecified atom stereocenters. The average Bonchev–Trinajstić information content (AvgIpc) is 3.26. The van der Waals surface area contributed by atoms with Crippen LogP contribution in [0.25, 0.3) is 0 Å². The first kappa shape index (κ1) is 31.4. The summed E-state index contributed by atoms with van der Waals surface area (Å²) in [4.78, 5) is 11.5. The monoisotopic (exact) mass is 560 g/mol. The van der Waals surface area contributed by atoms with Crippen molar-refractivity contribution in [3.05, 3.63) is 35.5 Å². The number of carboxylic acid groups (broad SMARTS) is 1. The number of carbonyl (C=O) groups is 1. The van der Waals surface area contributed by atoms with E-state index in [0.717, 1.165) is 41.7 Å². The molecule has 4 aliphatic rings. The molecule has 7 heteroatoms. The van der Waals surface area contributed by atoms with E-state index in [9.17, 15) is 25.2 Å². The molecule has 40 heavy (non-hydrogen) atoms. The van der Waals surface area contributed by atoms with E-state index in [0.29, 0.717) is 24.2 Å². The Kier molecular flexibility index (Phi) is 10.4. The number of carboxylic acids is 1. The van der Waals surface area contributed by atoms with Gasteiger partial charge in [-0.1, -0.05) is 76.8 Å². The van der Waals surface area contributed by atoms with Crippen LogP contribution in [0.2, 0.25) is 0 Å². The zero-order valence-corrected chi connectivity index (χ0v) is 24.9.